The van der Waals surface area contributed by atoms with Crippen molar-refractivity contribution in [2.75, 3.05) is 0 Å². The monoisotopic (exact) mass is 269 g/mol. The molecule has 20 heavy (non-hydrogen) atoms. The minimum Gasteiger partial charge on any atom is -0.385 e. The van der Waals surface area contributed by atoms with Crippen molar-refractivity contribution in [2.45, 2.75) is 45.1 Å². The lowest BCUT2D eigenvalue weighted by Crippen LogP contribution is -2.34. The van der Waals surface area contributed by atoms with Gasteiger partial charge in [0.25, 0.3) is 0 Å². The lowest BCUT2D eigenvalue weighted by atomic mass is 9.71. The van der Waals surface area contributed by atoms with Gasteiger partial charge in [-0.1, -0.05) is 32.0 Å². The zero-order valence-corrected chi connectivity index (χ0v) is 12.3. The van der Waals surface area contributed by atoms with Crippen molar-refractivity contribution in [1.82, 2.24) is 4.98 Å². The van der Waals surface area contributed by atoms with Gasteiger partial charge in [0.15, 0.2) is 0 Å². The molecule has 1 heterocycles. The lowest BCUT2D eigenvalue weighted by Gasteiger charge is -2.39. The van der Waals surface area contributed by atoms with Gasteiger partial charge in [-0.05, 0) is 55.2 Å². The van der Waals surface area contributed by atoms with E-state index in [9.17, 15) is 5.11 Å². The molecule has 0 bridgehead atoms. The molecule has 0 amide bonds. The Balaban J connectivity index is 1.96. The average molecular weight is 269 g/mol. The number of hydrogen-bond acceptors (Lipinski definition) is 2. The highest BCUT2D eigenvalue weighted by atomic mass is 16.3. The van der Waals surface area contributed by atoms with Crippen LogP contribution in [-0.2, 0) is 5.60 Å². The number of hydrogen-bond donors (Lipinski definition) is 1. The highest BCUT2D eigenvalue weighted by Gasteiger charge is 2.36. The van der Waals surface area contributed by atoms with Crippen LogP contribution in [0.1, 0.15) is 45.1 Å². The number of aliphatic hydroxyl groups is 1. The van der Waals surface area contributed by atoms with Gasteiger partial charge in [0.05, 0.1) is 11.1 Å². The summed E-state index contributed by atoms with van der Waals surface area (Å²) in [5.41, 5.74) is 1.35. The van der Waals surface area contributed by atoms with Crippen molar-refractivity contribution >= 4 is 10.9 Å². The fourth-order valence-electron chi connectivity index (χ4n) is 3.48. The van der Waals surface area contributed by atoms with Gasteiger partial charge in [-0.3, -0.25) is 4.98 Å². The Kier molecular flexibility index (Phi) is 3.51. The molecular weight excluding hydrogens is 246 g/mol. The summed E-state index contributed by atoms with van der Waals surface area (Å²) in [4.78, 5) is 4.41. The van der Waals surface area contributed by atoms with Crippen molar-refractivity contribution in [1.29, 1.82) is 0 Å². The second-order valence-corrected chi connectivity index (χ2v) is 6.54. The number of nitrogens with zero attached hydrogens (tertiary/aromatic N) is 1. The van der Waals surface area contributed by atoms with Crippen molar-refractivity contribution in [3.63, 3.8) is 0 Å². The maximum atomic E-state index is 11.1. The van der Waals surface area contributed by atoms with Gasteiger partial charge in [0.2, 0.25) is 0 Å². The SMILES string of the molecule is CC(C)C1CCCC(O)(c2ccc3cccnc3c2)C1. The van der Waals surface area contributed by atoms with E-state index in [0.717, 1.165) is 35.7 Å². The van der Waals surface area contributed by atoms with Crippen LogP contribution in [0.4, 0.5) is 0 Å². The third-order valence-corrected chi connectivity index (χ3v) is 4.85. The fourth-order valence-corrected chi connectivity index (χ4v) is 3.48. The number of fused-ring (bicyclic) bond motifs is 1. The smallest absolute Gasteiger partial charge is 0.0900 e. The van der Waals surface area contributed by atoms with Gasteiger partial charge >= 0.3 is 0 Å². The highest BCUT2D eigenvalue weighted by molar-refractivity contribution is 5.79. The van der Waals surface area contributed by atoms with Crippen molar-refractivity contribution < 1.29 is 5.11 Å². The molecule has 1 saturated carbocycles. The molecule has 2 unspecified atom stereocenters. The van der Waals surface area contributed by atoms with E-state index in [-0.39, 0.29) is 0 Å². The Bertz CT molecular complexity index is 607. The Hall–Kier alpha value is -1.41. The van der Waals surface area contributed by atoms with E-state index in [4.69, 9.17) is 0 Å². The average Bonchev–Trinajstić information content (AvgIpc) is 2.47. The third kappa shape index (κ3) is 2.45. The molecule has 1 aromatic carbocycles. The molecule has 0 saturated heterocycles. The summed E-state index contributed by atoms with van der Waals surface area (Å²) in [5.74, 6) is 1.26. The number of aromatic nitrogens is 1. The first-order valence-corrected chi connectivity index (χ1v) is 7.66. The lowest BCUT2D eigenvalue weighted by molar-refractivity contribution is -0.0294. The van der Waals surface area contributed by atoms with Gasteiger partial charge in [0.1, 0.15) is 0 Å². The summed E-state index contributed by atoms with van der Waals surface area (Å²) in [6.45, 7) is 4.52. The summed E-state index contributed by atoms with van der Waals surface area (Å²) in [6, 6.07) is 10.2. The second kappa shape index (κ2) is 5.17. The van der Waals surface area contributed by atoms with E-state index >= 15 is 0 Å². The van der Waals surface area contributed by atoms with Crippen LogP contribution in [0, 0.1) is 11.8 Å². The molecule has 0 spiro atoms. The molecule has 2 nitrogen and oxygen atoms in total. The summed E-state index contributed by atoms with van der Waals surface area (Å²) < 4.78 is 0. The largest absolute Gasteiger partial charge is 0.385 e. The van der Waals surface area contributed by atoms with E-state index < -0.39 is 5.60 Å². The molecular formula is C18H23NO. The van der Waals surface area contributed by atoms with Crippen LogP contribution in [0.15, 0.2) is 36.5 Å². The predicted molar refractivity (Wildman–Crippen MR) is 82.4 cm³/mol. The van der Waals surface area contributed by atoms with Crippen LogP contribution < -0.4 is 0 Å². The molecule has 2 atom stereocenters. The Labute approximate surface area is 120 Å². The van der Waals surface area contributed by atoms with Gasteiger partial charge in [-0.25, -0.2) is 0 Å². The molecule has 1 aliphatic rings. The van der Waals surface area contributed by atoms with E-state index in [0.29, 0.717) is 11.8 Å². The van der Waals surface area contributed by atoms with Crippen LogP contribution >= 0.6 is 0 Å². The van der Waals surface area contributed by atoms with Crippen molar-refractivity contribution in [3.8, 4) is 0 Å². The van der Waals surface area contributed by atoms with E-state index in [1.165, 1.54) is 6.42 Å². The Morgan fingerprint density at radius 2 is 2.15 bits per heavy atom. The molecule has 106 valence electrons. The van der Waals surface area contributed by atoms with E-state index in [1.807, 2.05) is 12.3 Å². The maximum Gasteiger partial charge on any atom is 0.0900 e. The molecule has 2 aromatic rings. The number of benzene rings is 1. The molecule has 1 N–H and O–H groups in total. The fraction of sp³-hybridized carbons (Fsp3) is 0.500. The second-order valence-electron chi connectivity index (χ2n) is 6.54. The Morgan fingerprint density at radius 1 is 1.30 bits per heavy atom. The minimum atomic E-state index is -0.668. The maximum absolute atomic E-state index is 11.1. The van der Waals surface area contributed by atoms with Crippen LogP contribution in [0.2, 0.25) is 0 Å². The first-order chi connectivity index (χ1) is 9.58. The predicted octanol–water partition coefficient (Wildman–Crippen LogP) is 4.27. The van der Waals surface area contributed by atoms with Crippen LogP contribution in [0.25, 0.3) is 10.9 Å². The van der Waals surface area contributed by atoms with E-state index in [2.05, 4.69) is 43.1 Å². The van der Waals surface area contributed by atoms with Gasteiger partial charge in [-0.15, -0.1) is 0 Å². The van der Waals surface area contributed by atoms with Crippen LogP contribution in [0.5, 0.6) is 0 Å². The minimum absolute atomic E-state index is 0.619. The molecule has 0 aliphatic heterocycles. The third-order valence-electron chi connectivity index (χ3n) is 4.85. The number of pyridine rings is 1. The zero-order valence-electron chi connectivity index (χ0n) is 12.3. The molecule has 2 heteroatoms. The quantitative estimate of drug-likeness (QED) is 0.883. The van der Waals surface area contributed by atoms with Gasteiger partial charge in [-0.2, -0.15) is 0 Å². The zero-order chi connectivity index (χ0) is 14.2. The summed E-state index contributed by atoms with van der Waals surface area (Å²) in [7, 11) is 0. The molecule has 3 rings (SSSR count). The molecule has 1 aromatic heterocycles. The normalized spacial score (nSPS) is 27.1. The topological polar surface area (TPSA) is 33.1 Å². The standard InChI is InChI=1S/C18H23NO/c1-13(2)15-5-3-9-18(20,12-15)16-8-7-14-6-4-10-19-17(14)11-16/h4,6-8,10-11,13,15,20H,3,5,9,12H2,1-2H3. The van der Waals surface area contributed by atoms with Crippen LogP contribution in [0.3, 0.4) is 0 Å². The van der Waals surface area contributed by atoms with E-state index in [1.54, 1.807) is 0 Å². The summed E-state index contributed by atoms with van der Waals surface area (Å²) in [6.07, 6.45) is 5.91. The first-order valence-electron chi connectivity index (χ1n) is 7.66. The summed E-state index contributed by atoms with van der Waals surface area (Å²) >= 11 is 0. The first kappa shape index (κ1) is 13.6. The van der Waals surface area contributed by atoms with Crippen molar-refractivity contribution in [2.24, 2.45) is 11.8 Å². The molecule has 0 radical (unpaired) electrons. The van der Waals surface area contributed by atoms with Crippen molar-refractivity contribution in [3.05, 3.63) is 42.1 Å². The Morgan fingerprint density at radius 3 is 2.95 bits per heavy atom. The van der Waals surface area contributed by atoms with Crippen LogP contribution in [-0.4, -0.2) is 10.1 Å². The molecule has 1 aliphatic carbocycles. The number of rotatable bonds is 2. The van der Waals surface area contributed by atoms with Gasteiger partial charge in [0, 0.05) is 11.6 Å². The van der Waals surface area contributed by atoms with Gasteiger partial charge < -0.3 is 5.11 Å². The molecule has 1 fully saturated rings. The highest BCUT2D eigenvalue weighted by Crippen LogP contribution is 2.42. The summed E-state index contributed by atoms with van der Waals surface area (Å²) in [5, 5.41) is 12.2.